The van der Waals surface area contributed by atoms with Crippen LogP contribution in [-0.4, -0.2) is 23.9 Å². The number of carbonyl (C=O) groups is 1. The molecule has 2 rings (SSSR count). The number of hydrogen-bond donors (Lipinski definition) is 0. The van der Waals surface area contributed by atoms with Crippen LogP contribution >= 0.6 is 0 Å². The quantitative estimate of drug-likeness (QED) is 0.771. The fraction of sp³-hybridized carbons (Fsp3) is 0.500. The van der Waals surface area contributed by atoms with Gasteiger partial charge in [-0.2, -0.15) is 0 Å². The molecule has 92 valence electrons. The molecule has 0 bridgehead atoms. The van der Waals surface area contributed by atoms with Crippen LogP contribution in [0.25, 0.3) is 0 Å². The number of benzene rings is 1. The maximum absolute atomic E-state index is 13.5. The molecular formula is C14H18FNO. The normalized spacial score (nSPS) is 15.6. The molecule has 0 atom stereocenters. The summed E-state index contributed by atoms with van der Waals surface area (Å²) in [6.45, 7) is 5.52. The van der Waals surface area contributed by atoms with E-state index in [4.69, 9.17) is 0 Å². The molecule has 0 saturated carbocycles. The first-order valence-electron chi connectivity index (χ1n) is 6.18. The number of likely N-dealkylation sites (tertiary alicyclic amines) is 1. The molecule has 1 saturated heterocycles. The van der Waals surface area contributed by atoms with E-state index in [2.05, 4.69) is 0 Å². The van der Waals surface area contributed by atoms with Gasteiger partial charge in [-0.25, -0.2) is 4.39 Å². The predicted molar refractivity (Wildman–Crippen MR) is 65.6 cm³/mol. The summed E-state index contributed by atoms with van der Waals surface area (Å²) in [6.07, 6.45) is 2.15. The fourth-order valence-electron chi connectivity index (χ4n) is 2.22. The molecule has 0 spiro atoms. The molecule has 1 fully saturated rings. The molecule has 0 radical (unpaired) electrons. The molecule has 3 heteroatoms. The van der Waals surface area contributed by atoms with Crippen molar-refractivity contribution in [3.05, 3.63) is 35.1 Å². The third-order valence-electron chi connectivity index (χ3n) is 3.26. The van der Waals surface area contributed by atoms with Crippen molar-refractivity contribution in [2.24, 2.45) is 0 Å². The largest absolute Gasteiger partial charge is 0.339 e. The first-order chi connectivity index (χ1) is 8.09. The minimum Gasteiger partial charge on any atom is -0.339 e. The topological polar surface area (TPSA) is 20.3 Å². The lowest BCUT2D eigenvalue weighted by molar-refractivity contribution is 0.0792. The number of hydrogen-bond acceptors (Lipinski definition) is 1. The maximum Gasteiger partial charge on any atom is 0.253 e. The van der Waals surface area contributed by atoms with Crippen molar-refractivity contribution in [3.8, 4) is 0 Å². The van der Waals surface area contributed by atoms with Crippen LogP contribution in [0.2, 0.25) is 0 Å². The summed E-state index contributed by atoms with van der Waals surface area (Å²) in [5, 5.41) is 0. The molecule has 1 aromatic carbocycles. The highest BCUT2D eigenvalue weighted by Crippen LogP contribution is 2.21. The van der Waals surface area contributed by atoms with Crippen molar-refractivity contribution in [3.63, 3.8) is 0 Å². The third kappa shape index (κ3) is 2.48. The monoisotopic (exact) mass is 235 g/mol. The van der Waals surface area contributed by atoms with Crippen molar-refractivity contribution in [2.45, 2.75) is 32.6 Å². The van der Waals surface area contributed by atoms with Crippen molar-refractivity contribution in [1.82, 2.24) is 4.90 Å². The summed E-state index contributed by atoms with van der Waals surface area (Å²) < 4.78 is 13.5. The van der Waals surface area contributed by atoms with E-state index >= 15 is 0 Å². The van der Waals surface area contributed by atoms with E-state index in [1.54, 1.807) is 12.1 Å². The van der Waals surface area contributed by atoms with Crippen molar-refractivity contribution in [2.75, 3.05) is 13.1 Å². The number of carbonyl (C=O) groups excluding carboxylic acids is 1. The Hall–Kier alpha value is -1.38. The lowest BCUT2D eigenvalue weighted by Crippen LogP contribution is -2.27. The van der Waals surface area contributed by atoms with E-state index in [9.17, 15) is 9.18 Å². The van der Waals surface area contributed by atoms with E-state index in [0.29, 0.717) is 11.1 Å². The van der Waals surface area contributed by atoms with E-state index in [-0.39, 0.29) is 17.6 Å². The number of amides is 1. The molecule has 0 aliphatic carbocycles. The van der Waals surface area contributed by atoms with Crippen molar-refractivity contribution >= 4 is 5.91 Å². The Morgan fingerprint density at radius 3 is 2.53 bits per heavy atom. The smallest absolute Gasteiger partial charge is 0.253 e. The second-order valence-electron chi connectivity index (χ2n) is 4.89. The summed E-state index contributed by atoms with van der Waals surface area (Å²) in [5.74, 6) is -0.0938. The van der Waals surface area contributed by atoms with Gasteiger partial charge in [-0.1, -0.05) is 13.8 Å². The number of rotatable bonds is 2. The SMILES string of the molecule is CC(C)c1cc(C(=O)N2CCCC2)ccc1F. The zero-order valence-electron chi connectivity index (χ0n) is 10.4. The Balaban J connectivity index is 2.26. The molecule has 2 nitrogen and oxygen atoms in total. The average Bonchev–Trinajstić information content (AvgIpc) is 2.81. The molecular weight excluding hydrogens is 217 g/mol. The minimum atomic E-state index is -0.224. The van der Waals surface area contributed by atoms with Crippen LogP contribution in [0.5, 0.6) is 0 Å². The molecule has 1 aliphatic rings. The molecule has 1 heterocycles. The lowest BCUT2D eigenvalue weighted by Gasteiger charge is -2.16. The summed E-state index contributed by atoms with van der Waals surface area (Å²) in [6, 6.07) is 4.68. The highest BCUT2D eigenvalue weighted by molar-refractivity contribution is 5.94. The van der Waals surface area contributed by atoms with Gasteiger partial charge in [0.2, 0.25) is 0 Å². The van der Waals surface area contributed by atoms with Gasteiger partial charge in [-0.05, 0) is 42.5 Å². The van der Waals surface area contributed by atoms with Crippen LogP contribution in [0.4, 0.5) is 4.39 Å². The third-order valence-corrected chi connectivity index (χ3v) is 3.26. The zero-order valence-corrected chi connectivity index (χ0v) is 10.4. The lowest BCUT2D eigenvalue weighted by atomic mass is 9.99. The number of halogens is 1. The standard InChI is InChI=1S/C14H18FNO/c1-10(2)12-9-11(5-6-13(12)15)14(17)16-7-3-4-8-16/h5-6,9-10H,3-4,7-8H2,1-2H3. The van der Waals surface area contributed by atoms with E-state index in [1.807, 2.05) is 18.7 Å². The average molecular weight is 235 g/mol. The van der Waals surface area contributed by atoms with Gasteiger partial charge in [0, 0.05) is 18.7 Å². The van der Waals surface area contributed by atoms with Gasteiger partial charge in [0.15, 0.2) is 0 Å². The Bertz CT molecular complexity index is 422. The van der Waals surface area contributed by atoms with Crippen LogP contribution in [-0.2, 0) is 0 Å². The van der Waals surface area contributed by atoms with Gasteiger partial charge in [-0.3, -0.25) is 4.79 Å². The Labute approximate surface area is 101 Å². The predicted octanol–water partition coefficient (Wildman–Crippen LogP) is 3.19. The highest BCUT2D eigenvalue weighted by atomic mass is 19.1. The fourth-order valence-corrected chi connectivity index (χ4v) is 2.22. The maximum atomic E-state index is 13.5. The van der Waals surface area contributed by atoms with Gasteiger partial charge in [0.1, 0.15) is 5.82 Å². The van der Waals surface area contributed by atoms with Crippen molar-refractivity contribution in [1.29, 1.82) is 0 Å². The Kier molecular flexibility index (Phi) is 3.46. The van der Waals surface area contributed by atoms with Gasteiger partial charge in [-0.15, -0.1) is 0 Å². The second-order valence-corrected chi connectivity index (χ2v) is 4.89. The van der Waals surface area contributed by atoms with E-state index < -0.39 is 0 Å². The Morgan fingerprint density at radius 2 is 1.94 bits per heavy atom. The van der Waals surface area contributed by atoms with Gasteiger partial charge in [0.25, 0.3) is 5.91 Å². The first-order valence-corrected chi connectivity index (χ1v) is 6.18. The summed E-state index contributed by atoms with van der Waals surface area (Å²) >= 11 is 0. The summed E-state index contributed by atoms with van der Waals surface area (Å²) in [4.78, 5) is 14.0. The minimum absolute atomic E-state index is 0.0319. The second kappa shape index (κ2) is 4.86. The van der Waals surface area contributed by atoms with Crippen LogP contribution in [0.15, 0.2) is 18.2 Å². The highest BCUT2D eigenvalue weighted by Gasteiger charge is 2.20. The van der Waals surface area contributed by atoms with Crippen LogP contribution in [0.3, 0.4) is 0 Å². The van der Waals surface area contributed by atoms with Gasteiger partial charge in [0.05, 0.1) is 0 Å². The zero-order chi connectivity index (χ0) is 12.4. The molecule has 1 aromatic rings. The van der Waals surface area contributed by atoms with E-state index in [0.717, 1.165) is 25.9 Å². The van der Waals surface area contributed by atoms with Gasteiger partial charge < -0.3 is 4.90 Å². The molecule has 17 heavy (non-hydrogen) atoms. The van der Waals surface area contributed by atoms with Crippen LogP contribution < -0.4 is 0 Å². The van der Waals surface area contributed by atoms with E-state index in [1.165, 1.54) is 6.07 Å². The first kappa shape index (κ1) is 12.1. The van der Waals surface area contributed by atoms with Crippen LogP contribution in [0, 0.1) is 5.82 Å². The summed E-state index contributed by atoms with van der Waals surface area (Å²) in [5.41, 5.74) is 1.23. The van der Waals surface area contributed by atoms with Gasteiger partial charge >= 0.3 is 0 Å². The molecule has 0 aromatic heterocycles. The van der Waals surface area contributed by atoms with Crippen molar-refractivity contribution < 1.29 is 9.18 Å². The molecule has 1 aliphatic heterocycles. The van der Waals surface area contributed by atoms with Crippen LogP contribution in [0.1, 0.15) is 48.5 Å². The molecule has 1 amide bonds. The molecule has 0 unspecified atom stereocenters. The Morgan fingerprint density at radius 1 is 1.29 bits per heavy atom. The summed E-state index contributed by atoms with van der Waals surface area (Å²) in [7, 11) is 0. The molecule has 0 N–H and O–H groups in total. The number of nitrogens with zero attached hydrogens (tertiary/aromatic N) is 1.